The summed E-state index contributed by atoms with van der Waals surface area (Å²) in [6, 6.07) is 18.3. The zero-order chi connectivity index (χ0) is 15.9. The van der Waals surface area contributed by atoms with Crippen LogP contribution in [0.15, 0.2) is 59.1 Å². The molecule has 0 atom stereocenters. The Labute approximate surface area is 136 Å². The number of ether oxygens (including phenoxy) is 1. The van der Waals surface area contributed by atoms with E-state index in [9.17, 15) is 0 Å². The Morgan fingerprint density at radius 2 is 1.78 bits per heavy atom. The quantitative estimate of drug-likeness (QED) is 0.610. The van der Waals surface area contributed by atoms with E-state index in [0.717, 1.165) is 30.6 Å². The number of aryl methyl sites for hydroxylation is 2. The SMILES string of the molecule is CCc1nc(-c2ccc(OCCCc3ccccc3)cc2)no1. The van der Waals surface area contributed by atoms with Gasteiger partial charge >= 0.3 is 0 Å². The van der Waals surface area contributed by atoms with E-state index in [1.165, 1.54) is 5.56 Å². The molecule has 2 aromatic carbocycles. The molecule has 0 radical (unpaired) electrons. The van der Waals surface area contributed by atoms with E-state index in [1.54, 1.807) is 0 Å². The van der Waals surface area contributed by atoms with Crippen LogP contribution in [-0.2, 0) is 12.8 Å². The van der Waals surface area contributed by atoms with Crippen molar-refractivity contribution in [1.82, 2.24) is 10.1 Å². The normalized spacial score (nSPS) is 10.7. The number of rotatable bonds is 7. The molecule has 118 valence electrons. The molecular formula is C19H20N2O2. The maximum Gasteiger partial charge on any atom is 0.226 e. The van der Waals surface area contributed by atoms with Gasteiger partial charge in [0.15, 0.2) is 0 Å². The molecule has 0 spiro atoms. The molecule has 0 aliphatic rings. The smallest absolute Gasteiger partial charge is 0.226 e. The highest BCUT2D eigenvalue weighted by Crippen LogP contribution is 2.20. The van der Waals surface area contributed by atoms with Crippen molar-refractivity contribution in [2.75, 3.05) is 6.61 Å². The predicted octanol–water partition coefficient (Wildman–Crippen LogP) is 4.31. The summed E-state index contributed by atoms with van der Waals surface area (Å²) < 4.78 is 10.9. The Morgan fingerprint density at radius 3 is 2.48 bits per heavy atom. The second-order valence-electron chi connectivity index (χ2n) is 5.33. The first kappa shape index (κ1) is 15.3. The van der Waals surface area contributed by atoms with Crippen LogP contribution in [0.3, 0.4) is 0 Å². The van der Waals surface area contributed by atoms with Crippen LogP contribution in [0.1, 0.15) is 24.8 Å². The molecule has 0 aliphatic heterocycles. The molecule has 0 saturated heterocycles. The minimum atomic E-state index is 0.623. The van der Waals surface area contributed by atoms with Gasteiger partial charge in [0, 0.05) is 12.0 Å². The van der Waals surface area contributed by atoms with Gasteiger partial charge < -0.3 is 9.26 Å². The number of hydrogen-bond acceptors (Lipinski definition) is 4. The Kier molecular flexibility index (Phi) is 5.04. The highest BCUT2D eigenvalue weighted by molar-refractivity contribution is 5.55. The van der Waals surface area contributed by atoms with Crippen LogP contribution in [-0.4, -0.2) is 16.7 Å². The lowest BCUT2D eigenvalue weighted by Gasteiger charge is -2.06. The maximum absolute atomic E-state index is 5.78. The molecule has 4 nitrogen and oxygen atoms in total. The number of hydrogen-bond donors (Lipinski definition) is 0. The molecule has 3 aromatic rings. The Morgan fingerprint density at radius 1 is 1.00 bits per heavy atom. The largest absolute Gasteiger partial charge is 0.494 e. The van der Waals surface area contributed by atoms with Crippen LogP contribution >= 0.6 is 0 Å². The van der Waals surface area contributed by atoms with Crippen LogP contribution in [0.2, 0.25) is 0 Å². The lowest BCUT2D eigenvalue weighted by atomic mass is 10.1. The first-order valence-corrected chi connectivity index (χ1v) is 7.95. The molecule has 3 rings (SSSR count). The molecule has 0 N–H and O–H groups in total. The van der Waals surface area contributed by atoms with Crippen molar-refractivity contribution in [2.24, 2.45) is 0 Å². The first-order valence-electron chi connectivity index (χ1n) is 7.95. The molecule has 0 amide bonds. The number of benzene rings is 2. The van der Waals surface area contributed by atoms with Crippen molar-refractivity contribution in [3.63, 3.8) is 0 Å². The van der Waals surface area contributed by atoms with Crippen LogP contribution in [0, 0.1) is 0 Å². The zero-order valence-electron chi connectivity index (χ0n) is 13.2. The van der Waals surface area contributed by atoms with E-state index >= 15 is 0 Å². The van der Waals surface area contributed by atoms with Crippen molar-refractivity contribution < 1.29 is 9.26 Å². The highest BCUT2D eigenvalue weighted by Gasteiger charge is 2.07. The molecule has 0 bridgehead atoms. The van der Waals surface area contributed by atoms with E-state index in [0.29, 0.717) is 18.3 Å². The van der Waals surface area contributed by atoms with Gasteiger partial charge in [0.1, 0.15) is 5.75 Å². The van der Waals surface area contributed by atoms with Gasteiger partial charge in [-0.25, -0.2) is 0 Å². The second-order valence-corrected chi connectivity index (χ2v) is 5.33. The van der Waals surface area contributed by atoms with Crippen molar-refractivity contribution in [2.45, 2.75) is 26.2 Å². The van der Waals surface area contributed by atoms with Crippen molar-refractivity contribution in [3.05, 3.63) is 66.1 Å². The Balaban J connectivity index is 1.49. The monoisotopic (exact) mass is 308 g/mol. The van der Waals surface area contributed by atoms with Gasteiger partial charge in [0.25, 0.3) is 0 Å². The van der Waals surface area contributed by atoms with Gasteiger partial charge in [0.05, 0.1) is 6.61 Å². The highest BCUT2D eigenvalue weighted by atomic mass is 16.5. The summed E-state index contributed by atoms with van der Waals surface area (Å²) in [4.78, 5) is 4.32. The van der Waals surface area contributed by atoms with Crippen LogP contribution in [0.4, 0.5) is 0 Å². The molecular weight excluding hydrogens is 288 g/mol. The summed E-state index contributed by atoms with van der Waals surface area (Å²) in [7, 11) is 0. The Hall–Kier alpha value is -2.62. The summed E-state index contributed by atoms with van der Waals surface area (Å²) in [5.74, 6) is 2.14. The minimum Gasteiger partial charge on any atom is -0.494 e. The summed E-state index contributed by atoms with van der Waals surface area (Å²) >= 11 is 0. The lowest BCUT2D eigenvalue weighted by Crippen LogP contribution is -1.99. The van der Waals surface area contributed by atoms with E-state index in [2.05, 4.69) is 34.4 Å². The maximum atomic E-state index is 5.78. The van der Waals surface area contributed by atoms with Gasteiger partial charge in [-0.3, -0.25) is 0 Å². The van der Waals surface area contributed by atoms with Gasteiger partial charge in [-0.1, -0.05) is 42.4 Å². The molecule has 23 heavy (non-hydrogen) atoms. The van der Waals surface area contributed by atoms with Gasteiger partial charge in [-0.05, 0) is 42.7 Å². The van der Waals surface area contributed by atoms with E-state index in [1.807, 2.05) is 37.3 Å². The number of aromatic nitrogens is 2. The summed E-state index contributed by atoms with van der Waals surface area (Å²) in [6.07, 6.45) is 2.77. The lowest BCUT2D eigenvalue weighted by molar-refractivity contribution is 0.311. The third-order valence-electron chi connectivity index (χ3n) is 3.60. The first-order chi connectivity index (χ1) is 11.3. The average molecular weight is 308 g/mol. The van der Waals surface area contributed by atoms with Crippen molar-refractivity contribution in [1.29, 1.82) is 0 Å². The fourth-order valence-corrected chi connectivity index (χ4v) is 2.33. The van der Waals surface area contributed by atoms with Crippen LogP contribution < -0.4 is 4.74 Å². The van der Waals surface area contributed by atoms with Crippen molar-refractivity contribution >= 4 is 0 Å². The topological polar surface area (TPSA) is 48.2 Å². The standard InChI is InChI=1S/C19H20N2O2/c1-2-18-20-19(21-23-18)16-10-12-17(13-11-16)22-14-6-9-15-7-4-3-5-8-15/h3-5,7-8,10-13H,2,6,9,14H2,1H3. The van der Waals surface area contributed by atoms with Gasteiger partial charge in [0.2, 0.25) is 11.7 Å². The van der Waals surface area contributed by atoms with Crippen molar-refractivity contribution in [3.8, 4) is 17.1 Å². The summed E-state index contributed by atoms with van der Waals surface area (Å²) in [6.45, 7) is 2.69. The minimum absolute atomic E-state index is 0.623. The summed E-state index contributed by atoms with van der Waals surface area (Å²) in [5, 5.41) is 3.97. The third kappa shape index (κ3) is 4.19. The molecule has 0 fully saturated rings. The average Bonchev–Trinajstić information content (AvgIpc) is 3.09. The molecule has 0 unspecified atom stereocenters. The van der Waals surface area contributed by atoms with Crippen LogP contribution in [0.5, 0.6) is 5.75 Å². The predicted molar refractivity (Wildman–Crippen MR) is 89.4 cm³/mol. The molecule has 4 heteroatoms. The molecule has 1 heterocycles. The number of nitrogens with zero attached hydrogens (tertiary/aromatic N) is 2. The fourth-order valence-electron chi connectivity index (χ4n) is 2.33. The Bertz CT molecular complexity index is 721. The van der Waals surface area contributed by atoms with E-state index < -0.39 is 0 Å². The molecule has 1 aromatic heterocycles. The van der Waals surface area contributed by atoms with Gasteiger partial charge in [-0.2, -0.15) is 4.98 Å². The second kappa shape index (κ2) is 7.58. The molecule has 0 saturated carbocycles. The van der Waals surface area contributed by atoms with Crippen LogP contribution in [0.25, 0.3) is 11.4 Å². The molecule has 0 aliphatic carbocycles. The van der Waals surface area contributed by atoms with Gasteiger partial charge in [-0.15, -0.1) is 0 Å². The van der Waals surface area contributed by atoms with E-state index in [-0.39, 0.29) is 0 Å². The zero-order valence-corrected chi connectivity index (χ0v) is 13.2. The third-order valence-corrected chi connectivity index (χ3v) is 3.60. The summed E-state index contributed by atoms with van der Waals surface area (Å²) in [5.41, 5.74) is 2.28. The van der Waals surface area contributed by atoms with E-state index in [4.69, 9.17) is 9.26 Å². The fraction of sp³-hybridized carbons (Fsp3) is 0.263.